The number of piperidine rings is 1. The minimum absolute atomic E-state index is 0.115. The number of anilines is 1. The molecule has 1 aliphatic rings. The molecule has 30 heavy (non-hydrogen) atoms. The third-order valence-corrected chi connectivity index (χ3v) is 6.70. The Hall–Kier alpha value is -3.02. The first kappa shape index (κ1) is 20.3. The molecule has 0 saturated carbocycles. The molecule has 6 nitrogen and oxygen atoms in total. The van der Waals surface area contributed by atoms with Gasteiger partial charge in [0.25, 0.3) is 0 Å². The number of pyridine rings is 1. The quantitative estimate of drug-likeness (QED) is 0.689. The van der Waals surface area contributed by atoms with Gasteiger partial charge in [0.15, 0.2) is 0 Å². The number of nitrogens with one attached hydrogen (secondary N) is 1. The molecule has 1 fully saturated rings. The second kappa shape index (κ2) is 8.01. The third-order valence-electron chi connectivity index (χ3n) is 5.40. The summed E-state index contributed by atoms with van der Waals surface area (Å²) in [5.41, 5.74) is 2.54. The number of sulfonamides is 1. The van der Waals surface area contributed by atoms with E-state index in [1.165, 1.54) is 22.7 Å². The van der Waals surface area contributed by atoms with E-state index < -0.39 is 15.8 Å². The molecule has 2 aromatic carbocycles. The van der Waals surface area contributed by atoms with Gasteiger partial charge in [-0.3, -0.25) is 4.98 Å². The molecule has 0 unspecified atom stereocenters. The van der Waals surface area contributed by atoms with Gasteiger partial charge in [0.2, 0.25) is 10.0 Å². The molecule has 3 aromatic rings. The Labute approximate surface area is 175 Å². The first-order valence-electron chi connectivity index (χ1n) is 9.64. The Kier molecular flexibility index (Phi) is 5.41. The van der Waals surface area contributed by atoms with Crippen molar-refractivity contribution in [1.29, 1.82) is 5.26 Å². The van der Waals surface area contributed by atoms with Crippen LogP contribution in [-0.4, -0.2) is 43.1 Å². The fraction of sp³-hybridized carbons (Fsp3) is 0.273. The predicted molar refractivity (Wildman–Crippen MR) is 115 cm³/mol. The molecule has 2 heterocycles. The van der Waals surface area contributed by atoms with Gasteiger partial charge in [-0.25, -0.2) is 17.1 Å². The number of halogens is 1. The van der Waals surface area contributed by atoms with Crippen molar-refractivity contribution in [3.63, 3.8) is 0 Å². The number of fused-ring (bicyclic) bond motifs is 1. The minimum atomic E-state index is -3.18. The van der Waals surface area contributed by atoms with Crippen LogP contribution in [0.3, 0.4) is 0 Å². The zero-order valence-electron chi connectivity index (χ0n) is 16.5. The highest BCUT2D eigenvalue weighted by Crippen LogP contribution is 2.32. The standard InChI is InChI=1S/C22H21FN4O2S/c1-30(28,29)27-6-3-20(4-7-27)26-22-12-18(10-16-2-5-25-14-21(16)22)17-8-15(13-24)9-19(23)11-17/h2,5,8-12,14,20,26H,3-4,6-7H2,1H3. The summed E-state index contributed by atoms with van der Waals surface area (Å²) in [5, 5.41) is 14.6. The SMILES string of the molecule is CS(=O)(=O)N1CCC(Nc2cc(-c3cc(F)cc(C#N)c3)cc3ccncc23)CC1. The molecular weight excluding hydrogens is 403 g/mol. The van der Waals surface area contributed by atoms with Gasteiger partial charge in [-0.05, 0) is 65.8 Å². The number of aromatic nitrogens is 1. The minimum Gasteiger partial charge on any atom is -0.382 e. The number of benzene rings is 2. The van der Waals surface area contributed by atoms with Crippen molar-refractivity contribution >= 4 is 26.5 Å². The molecule has 8 heteroatoms. The van der Waals surface area contributed by atoms with E-state index in [-0.39, 0.29) is 11.6 Å². The molecule has 0 spiro atoms. The summed E-state index contributed by atoms with van der Waals surface area (Å²) in [4.78, 5) is 4.22. The lowest BCUT2D eigenvalue weighted by Gasteiger charge is -2.31. The molecule has 1 aromatic heterocycles. The average Bonchev–Trinajstić information content (AvgIpc) is 2.73. The second-order valence-electron chi connectivity index (χ2n) is 7.54. The van der Waals surface area contributed by atoms with E-state index in [1.807, 2.05) is 24.3 Å². The fourth-order valence-corrected chi connectivity index (χ4v) is 4.73. The molecule has 0 aliphatic carbocycles. The van der Waals surface area contributed by atoms with E-state index in [4.69, 9.17) is 0 Å². The normalized spacial score (nSPS) is 15.8. The first-order valence-corrected chi connectivity index (χ1v) is 11.5. The molecule has 1 saturated heterocycles. The number of hydrogen-bond acceptors (Lipinski definition) is 5. The number of nitriles is 1. The summed E-state index contributed by atoms with van der Waals surface area (Å²) in [6, 6.07) is 12.2. The van der Waals surface area contributed by atoms with E-state index >= 15 is 0 Å². The molecule has 154 valence electrons. The fourth-order valence-electron chi connectivity index (χ4n) is 3.86. The summed E-state index contributed by atoms with van der Waals surface area (Å²) in [6.45, 7) is 0.948. The van der Waals surface area contributed by atoms with E-state index in [9.17, 15) is 18.1 Å². The van der Waals surface area contributed by atoms with Crippen LogP contribution in [0.15, 0.2) is 48.8 Å². The zero-order valence-corrected chi connectivity index (χ0v) is 17.3. The van der Waals surface area contributed by atoms with Crippen LogP contribution < -0.4 is 5.32 Å². The monoisotopic (exact) mass is 424 g/mol. The molecule has 1 N–H and O–H groups in total. The van der Waals surface area contributed by atoms with Crippen molar-refractivity contribution in [1.82, 2.24) is 9.29 Å². The number of nitrogens with zero attached hydrogens (tertiary/aromatic N) is 3. The maximum absolute atomic E-state index is 14.0. The van der Waals surface area contributed by atoms with Crippen molar-refractivity contribution in [2.75, 3.05) is 24.7 Å². The topological polar surface area (TPSA) is 86.1 Å². The van der Waals surface area contributed by atoms with Gasteiger partial charge < -0.3 is 5.32 Å². The predicted octanol–water partition coefficient (Wildman–Crippen LogP) is 3.75. The highest BCUT2D eigenvalue weighted by molar-refractivity contribution is 7.88. The van der Waals surface area contributed by atoms with Crippen LogP contribution in [0.25, 0.3) is 21.9 Å². The van der Waals surface area contributed by atoms with Crippen LogP contribution in [0.5, 0.6) is 0 Å². The largest absolute Gasteiger partial charge is 0.382 e. The van der Waals surface area contributed by atoms with Crippen LogP contribution >= 0.6 is 0 Å². The van der Waals surface area contributed by atoms with Gasteiger partial charge in [-0.1, -0.05) is 0 Å². The summed E-state index contributed by atoms with van der Waals surface area (Å²) in [5.74, 6) is -0.457. The summed E-state index contributed by atoms with van der Waals surface area (Å²) < 4.78 is 39.0. The van der Waals surface area contributed by atoms with Crippen molar-refractivity contribution in [2.45, 2.75) is 18.9 Å². The molecular formula is C22H21FN4O2S. The molecule has 4 rings (SSSR count). The van der Waals surface area contributed by atoms with Gasteiger partial charge in [0.1, 0.15) is 5.82 Å². The average molecular weight is 425 g/mol. The Morgan fingerprint density at radius 2 is 1.90 bits per heavy atom. The lowest BCUT2D eigenvalue weighted by atomic mass is 9.98. The van der Waals surface area contributed by atoms with Crippen LogP contribution in [0.1, 0.15) is 18.4 Å². The maximum atomic E-state index is 14.0. The Bertz CT molecular complexity index is 1250. The van der Waals surface area contributed by atoms with Gasteiger partial charge in [-0.2, -0.15) is 5.26 Å². The lowest BCUT2D eigenvalue weighted by molar-refractivity contribution is 0.332. The summed E-state index contributed by atoms with van der Waals surface area (Å²) in [6.07, 6.45) is 6.10. The Morgan fingerprint density at radius 3 is 2.60 bits per heavy atom. The van der Waals surface area contributed by atoms with Crippen molar-refractivity contribution in [3.8, 4) is 17.2 Å². The van der Waals surface area contributed by atoms with Crippen LogP contribution in [0.4, 0.5) is 10.1 Å². The van der Waals surface area contributed by atoms with Crippen molar-refractivity contribution in [3.05, 3.63) is 60.2 Å². The van der Waals surface area contributed by atoms with E-state index in [2.05, 4.69) is 10.3 Å². The maximum Gasteiger partial charge on any atom is 0.211 e. The zero-order chi connectivity index (χ0) is 21.3. The Morgan fingerprint density at radius 1 is 1.17 bits per heavy atom. The molecule has 0 bridgehead atoms. The molecule has 1 aliphatic heterocycles. The number of rotatable bonds is 4. The van der Waals surface area contributed by atoms with Gasteiger partial charge in [-0.15, -0.1) is 0 Å². The third kappa shape index (κ3) is 4.27. The van der Waals surface area contributed by atoms with Crippen LogP contribution in [0, 0.1) is 17.1 Å². The first-order chi connectivity index (χ1) is 14.3. The van der Waals surface area contributed by atoms with E-state index in [0.29, 0.717) is 31.5 Å². The highest BCUT2D eigenvalue weighted by atomic mass is 32.2. The second-order valence-corrected chi connectivity index (χ2v) is 9.52. The number of hydrogen-bond donors (Lipinski definition) is 1. The van der Waals surface area contributed by atoms with Crippen LogP contribution in [0.2, 0.25) is 0 Å². The van der Waals surface area contributed by atoms with Crippen LogP contribution in [-0.2, 0) is 10.0 Å². The van der Waals surface area contributed by atoms with E-state index in [1.54, 1.807) is 18.5 Å². The molecule has 0 atom stereocenters. The lowest BCUT2D eigenvalue weighted by Crippen LogP contribution is -2.41. The summed E-state index contributed by atoms with van der Waals surface area (Å²) in [7, 11) is -3.18. The van der Waals surface area contributed by atoms with Gasteiger partial charge in [0.05, 0.1) is 17.9 Å². The van der Waals surface area contributed by atoms with Gasteiger partial charge in [0, 0.05) is 42.6 Å². The summed E-state index contributed by atoms with van der Waals surface area (Å²) >= 11 is 0. The Balaban J connectivity index is 1.68. The molecule has 0 amide bonds. The van der Waals surface area contributed by atoms with Crippen molar-refractivity contribution < 1.29 is 12.8 Å². The molecule has 0 radical (unpaired) electrons. The van der Waals surface area contributed by atoms with E-state index in [0.717, 1.165) is 22.0 Å². The van der Waals surface area contributed by atoms with Crippen molar-refractivity contribution in [2.24, 2.45) is 0 Å². The smallest absolute Gasteiger partial charge is 0.211 e. The van der Waals surface area contributed by atoms with Gasteiger partial charge >= 0.3 is 0 Å². The highest BCUT2D eigenvalue weighted by Gasteiger charge is 2.25.